The van der Waals surface area contributed by atoms with Crippen LogP contribution in [0.25, 0.3) is 0 Å². The van der Waals surface area contributed by atoms with E-state index < -0.39 is 0 Å². The molecule has 5 heteroatoms. The summed E-state index contributed by atoms with van der Waals surface area (Å²) in [6, 6.07) is 17.1. The molecular formula is C22H29N3O2. The van der Waals surface area contributed by atoms with Crippen LogP contribution < -0.4 is 10.6 Å². The topological polar surface area (TPSA) is 61.4 Å². The van der Waals surface area contributed by atoms with E-state index in [0.29, 0.717) is 0 Å². The summed E-state index contributed by atoms with van der Waals surface area (Å²) in [6.07, 6.45) is 0.185. The molecule has 27 heavy (non-hydrogen) atoms. The Kier molecular flexibility index (Phi) is 8.01. The van der Waals surface area contributed by atoms with Crippen LogP contribution in [0, 0.1) is 0 Å². The van der Waals surface area contributed by atoms with Crippen molar-refractivity contribution in [1.82, 2.24) is 10.2 Å². The van der Waals surface area contributed by atoms with Crippen LogP contribution in [0.5, 0.6) is 0 Å². The van der Waals surface area contributed by atoms with E-state index in [1.165, 1.54) is 12.5 Å². The van der Waals surface area contributed by atoms with Gasteiger partial charge in [-0.1, -0.05) is 56.3 Å². The standard InChI is InChI=1S/C22H29N3O2/c1-4-25(5-2)16-18-11-13-20(14-12-18)24-22(27)15-21(23-17(3)26)19-9-7-6-8-10-19/h6-14,21H,4-5,15-16H2,1-3H3,(H,23,26)(H,24,27). The molecule has 1 unspecified atom stereocenters. The number of benzene rings is 2. The second-order valence-corrected chi connectivity index (χ2v) is 6.57. The fraction of sp³-hybridized carbons (Fsp3) is 0.364. The lowest BCUT2D eigenvalue weighted by molar-refractivity contribution is -0.120. The Morgan fingerprint density at radius 2 is 1.59 bits per heavy atom. The van der Waals surface area contributed by atoms with Crippen molar-refractivity contribution in [2.24, 2.45) is 0 Å². The van der Waals surface area contributed by atoms with Gasteiger partial charge in [0, 0.05) is 19.2 Å². The Labute approximate surface area is 161 Å². The maximum Gasteiger partial charge on any atom is 0.226 e. The van der Waals surface area contributed by atoms with Crippen molar-refractivity contribution in [2.75, 3.05) is 18.4 Å². The zero-order valence-corrected chi connectivity index (χ0v) is 16.4. The van der Waals surface area contributed by atoms with E-state index in [9.17, 15) is 9.59 Å². The lowest BCUT2D eigenvalue weighted by Gasteiger charge is -2.19. The van der Waals surface area contributed by atoms with Crippen LogP contribution in [-0.4, -0.2) is 29.8 Å². The van der Waals surface area contributed by atoms with E-state index in [1.807, 2.05) is 54.6 Å². The number of carbonyl (C=O) groups excluding carboxylic acids is 2. The van der Waals surface area contributed by atoms with E-state index in [4.69, 9.17) is 0 Å². The molecule has 0 radical (unpaired) electrons. The molecule has 0 aliphatic rings. The highest BCUT2D eigenvalue weighted by Gasteiger charge is 2.17. The molecule has 2 aromatic rings. The highest BCUT2D eigenvalue weighted by atomic mass is 16.2. The summed E-state index contributed by atoms with van der Waals surface area (Å²) in [4.78, 5) is 26.3. The number of hydrogen-bond acceptors (Lipinski definition) is 3. The van der Waals surface area contributed by atoms with Crippen LogP contribution in [0.15, 0.2) is 54.6 Å². The van der Waals surface area contributed by atoms with Gasteiger partial charge in [0.05, 0.1) is 12.5 Å². The minimum atomic E-state index is -0.342. The van der Waals surface area contributed by atoms with Crippen LogP contribution >= 0.6 is 0 Å². The number of amides is 2. The molecule has 2 amide bonds. The molecule has 0 fully saturated rings. The summed E-state index contributed by atoms with van der Waals surface area (Å²) in [7, 11) is 0. The third-order valence-corrected chi connectivity index (χ3v) is 4.51. The molecule has 0 bridgehead atoms. The number of nitrogens with zero attached hydrogens (tertiary/aromatic N) is 1. The normalized spacial score (nSPS) is 11.9. The fourth-order valence-electron chi connectivity index (χ4n) is 2.98. The lowest BCUT2D eigenvalue weighted by Crippen LogP contribution is -2.29. The minimum absolute atomic E-state index is 0.130. The van der Waals surface area contributed by atoms with Crippen molar-refractivity contribution in [1.29, 1.82) is 0 Å². The Hall–Kier alpha value is -2.66. The van der Waals surface area contributed by atoms with Gasteiger partial charge >= 0.3 is 0 Å². The second kappa shape index (κ2) is 10.5. The molecule has 144 valence electrons. The molecule has 0 aromatic heterocycles. The van der Waals surface area contributed by atoms with Gasteiger partial charge in [-0.25, -0.2) is 0 Å². The largest absolute Gasteiger partial charge is 0.349 e. The van der Waals surface area contributed by atoms with Gasteiger partial charge < -0.3 is 10.6 Å². The van der Waals surface area contributed by atoms with Crippen LogP contribution in [0.4, 0.5) is 5.69 Å². The van der Waals surface area contributed by atoms with Crippen molar-refractivity contribution in [3.63, 3.8) is 0 Å². The summed E-state index contributed by atoms with van der Waals surface area (Å²) in [5, 5.41) is 5.77. The Morgan fingerprint density at radius 3 is 2.15 bits per heavy atom. The molecule has 2 rings (SSSR count). The van der Waals surface area contributed by atoms with Crippen molar-refractivity contribution < 1.29 is 9.59 Å². The first kappa shape index (κ1) is 20.6. The molecule has 2 aromatic carbocycles. The van der Waals surface area contributed by atoms with Crippen LogP contribution in [0.1, 0.15) is 44.4 Å². The Bertz CT molecular complexity index is 725. The van der Waals surface area contributed by atoms with Crippen molar-refractivity contribution in [3.05, 3.63) is 65.7 Å². The van der Waals surface area contributed by atoms with Crippen molar-refractivity contribution >= 4 is 17.5 Å². The summed E-state index contributed by atoms with van der Waals surface area (Å²) < 4.78 is 0. The van der Waals surface area contributed by atoms with E-state index >= 15 is 0 Å². The molecule has 1 atom stereocenters. The molecular weight excluding hydrogens is 338 g/mol. The van der Waals surface area contributed by atoms with Crippen molar-refractivity contribution in [2.45, 2.75) is 39.8 Å². The van der Waals surface area contributed by atoms with Crippen LogP contribution in [0.3, 0.4) is 0 Å². The van der Waals surface area contributed by atoms with Crippen LogP contribution in [-0.2, 0) is 16.1 Å². The van der Waals surface area contributed by atoms with Crippen molar-refractivity contribution in [3.8, 4) is 0 Å². The lowest BCUT2D eigenvalue weighted by atomic mass is 10.0. The minimum Gasteiger partial charge on any atom is -0.349 e. The van der Waals surface area contributed by atoms with Crippen LogP contribution in [0.2, 0.25) is 0 Å². The van der Waals surface area contributed by atoms with E-state index in [0.717, 1.165) is 30.9 Å². The van der Waals surface area contributed by atoms with Gasteiger partial charge in [-0.15, -0.1) is 0 Å². The third kappa shape index (κ3) is 6.87. The molecule has 0 saturated carbocycles. The zero-order chi connectivity index (χ0) is 19.6. The maximum atomic E-state index is 12.5. The first-order valence-corrected chi connectivity index (χ1v) is 9.45. The quantitative estimate of drug-likeness (QED) is 0.710. The summed E-state index contributed by atoms with van der Waals surface area (Å²) in [5.41, 5.74) is 2.90. The average molecular weight is 367 g/mol. The predicted octanol–water partition coefficient (Wildman–Crippen LogP) is 3.73. The van der Waals surface area contributed by atoms with Gasteiger partial charge in [-0.05, 0) is 36.3 Å². The first-order valence-electron chi connectivity index (χ1n) is 9.45. The van der Waals surface area contributed by atoms with Gasteiger partial charge in [0.25, 0.3) is 0 Å². The first-order chi connectivity index (χ1) is 13.0. The van der Waals surface area contributed by atoms with Gasteiger partial charge in [0.1, 0.15) is 0 Å². The Morgan fingerprint density at radius 1 is 0.963 bits per heavy atom. The van der Waals surface area contributed by atoms with E-state index in [1.54, 1.807) is 0 Å². The van der Waals surface area contributed by atoms with Gasteiger partial charge in [-0.3, -0.25) is 14.5 Å². The molecule has 0 aliphatic heterocycles. The molecule has 2 N–H and O–H groups in total. The number of nitrogens with one attached hydrogen (secondary N) is 2. The zero-order valence-electron chi connectivity index (χ0n) is 16.4. The van der Waals surface area contributed by atoms with Gasteiger partial charge in [-0.2, -0.15) is 0 Å². The summed E-state index contributed by atoms with van der Waals surface area (Å²) in [5.74, 6) is -0.286. The monoisotopic (exact) mass is 367 g/mol. The number of rotatable bonds is 9. The second-order valence-electron chi connectivity index (χ2n) is 6.57. The number of carbonyl (C=O) groups is 2. The molecule has 0 saturated heterocycles. The predicted molar refractivity (Wildman–Crippen MR) is 109 cm³/mol. The van der Waals surface area contributed by atoms with E-state index in [-0.39, 0.29) is 24.3 Å². The number of anilines is 1. The third-order valence-electron chi connectivity index (χ3n) is 4.51. The highest BCUT2D eigenvalue weighted by molar-refractivity contribution is 5.91. The molecule has 0 heterocycles. The maximum absolute atomic E-state index is 12.5. The fourth-order valence-corrected chi connectivity index (χ4v) is 2.98. The smallest absolute Gasteiger partial charge is 0.226 e. The average Bonchev–Trinajstić information content (AvgIpc) is 2.67. The highest BCUT2D eigenvalue weighted by Crippen LogP contribution is 2.18. The molecule has 0 spiro atoms. The number of hydrogen-bond donors (Lipinski definition) is 2. The van der Waals surface area contributed by atoms with Gasteiger partial charge in [0.15, 0.2) is 0 Å². The molecule has 0 aliphatic carbocycles. The SMILES string of the molecule is CCN(CC)Cc1ccc(NC(=O)CC(NC(C)=O)c2ccccc2)cc1. The summed E-state index contributed by atoms with van der Waals surface area (Å²) in [6.45, 7) is 8.69. The molecule has 5 nitrogen and oxygen atoms in total. The summed E-state index contributed by atoms with van der Waals surface area (Å²) >= 11 is 0. The Balaban J connectivity index is 1.97. The van der Waals surface area contributed by atoms with E-state index in [2.05, 4.69) is 29.4 Å². The van der Waals surface area contributed by atoms with Gasteiger partial charge in [0.2, 0.25) is 11.8 Å².